The van der Waals surface area contributed by atoms with Crippen LogP contribution in [-0.2, 0) is 6.54 Å². The fourth-order valence-corrected chi connectivity index (χ4v) is 5.15. The molecular weight excluding hydrogens is 416 g/mol. The quantitative estimate of drug-likeness (QED) is 0.575. The van der Waals surface area contributed by atoms with Crippen molar-refractivity contribution < 1.29 is 9.84 Å². The Morgan fingerprint density at radius 3 is 2.67 bits per heavy atom. The number of nitriles is 1. The second-order valence-electron chi connectivity index (χ2n) is 8.63. The lowest BCUT2D eigenvalue weighted by Gasteiger charge is -2.38. The van der Waals surface area contributed by atoms with Crippen molar-refractivity contribution in [3.05, 3.63) is 58.9 Å². The zero-order valence-electron chi connectivity index (χ0n) is 18.3. The Morgan fingerprint density at radius 2 is 1.97 bits per heavy atom. The van der Waals surface area contributed by atoms with Crippen LogP contribution in [0.2, 0.25) is 0 Å². The highest BCUT2D eigenvalue weighted by Crippen LogP contribution is 2.42. The van der Waals surface area contributed by atoms with E-state index in [-0.39, 0.29) is 18.2 Å². The lowest BCUT2D eigenvalue weighted by atomic mass is 9.99. The van der Waals surface area contributed by atoms with Gasteiger partial charge in [0.2, 0.25) is 0 Å². The van der Waals surface area contributed by atoms with E-state index in [2.05, 4.69) is 31.3 Å². The third-order valence-electron chi connectivity index (χ3n) is 6.67. The van der Waals surface area contributed by atoms with Crippen LogP contribution in [0.25, 0.3) is 15.6 Å². The van der Waals surface area contributed by atoms with Crippen LogP contribution in [0.3, 0.4) is 0 Å². The van der Waals surface area contributed by atoms with Crippen molar-refractivity contribution in [1.29, 1.82) is 5.26 Å². The first-order chi connectivity index (χ1) is 16.1. The van der Waals surface area contributed by atoms with Crippen LogP contribution in [0.5, 0.6) is 5.75 Å². The lowest BCUT2D eigenvalue weighted by molar-refractivity contribution is 0.126. The van der Waals surface area contributed by atoms with E-state index in [1.807, 2.05) is 24.3 Å². The molecule has 33 heavy (non-hydrogen) atoms. The number of ether oxygens (including phenoxy) is 1. The van der Waals surface area contributed by atoms with Crippen molar-refractivity contribution in [2.24, 2.45) is 0 Å². The summed E-state index contributed by atoms with van der Waals surface area (Å²) in [5.41, 5.74) is 1.93. The number of nitrogens with zero attached hydrogens (tertiary/aromatic N) is 5. The van der Waals surface area contributed by atoms with Gasteiger partial charge in [0.05, 0.1) is 25.3 Å². The molecule has 2 unspecified atom stereocenters. The van der Waals surface area contributed by atoms with Crippen molar-refractivity contribution in [3.8, 4) is 11.8 Å². The molecule has 0 amide bonds. The molecule has 0 radical (unpaired) electrons. The third kappa shape index (κ3) is 3.79. The number of aliphatic hydroxyl groups excluding tert-OH is 1. The molecule has 3 aromatic rings. The SMILES string of the molecule is [C-]#[N+]c1ccc2c(N3C4CCC3CC(O)C4)nnc(NCc3ccc(OC)c(C#N)c3)c2c1. The Balaban J connectivity index is 1.50. The molecule has 8 heteroatoms. The minimum Gasteiger partial charge on any atom is -0.495 e. The van der Waals surface area contributed by atoms with Gasteiger partial charge < -0.3 is 20.1 Å². The summed E-state index contributed by atoms with van der Waals surface area (Å²) in [5, 5.41) is 33.8. The summed E-state index contributed by atoms with van der Waals surface area (Å²) < 4.78 is 5.22. The number of rotatable bonds is 5. The van der Waals surface area contributed by atoms with Crippen LogP contribution >= 0.6 is 0 Å². The molecule has 2 aliphatic heterocycles. The first kappa shape index (κ1) is 21.0. The zero-order valence-corrected chi connectivity index (χ0v) is 18.3. The molecule has 2 fully saturated rings. The first-order valence-electron chi connectivity index (χ1n) is 11.1. The van der Waals surface area contributed by atoms with E-state index in [0.717, 1.165) is 47.8 Å². The van der Waals surface area contributed by atoms with Gasteiger partial charge in [-0.1, -0.05) is 18.2 Å². The molecule has 0 saturated carbocycles. The number of nitrogens with one attached hydrogen (secondary N) is 1. The molecule has 8 nitrogen and oxygen atoms in total. The van der Waals surface area contributed by atoms with E-state index in [4.69, 9.17) is 11.3 Å². The average molecular weight is 441 g/mol. The molecule has 1 aromatic heterocycles. The summed E-state index contributed by atoms with van der Waals surface area (Å²) in [6.45, 7) is 7.89. The molecule has 2 aromatic carbocycles. The second kappa shape index (κ2) is 8.57. The number of piperidine rings is 1. The highest BCUT2D eigenvalue weighted by molar-refractivity contribution is 6.00. The molecule has 0 aliphatic carbocycles. The van der Waals surface area contributed by atoms with Gasteiger partial charge in [-0.25, -0.2) is 4.85 Å². The maximum absolute atomic E-state index is 10.2. The van der Waals surface area contributed by atoms with Gasteiger partial charge in [-0.2, -0.15) is 5.26 Å². The van der Waals surface area contributed by atoms with E-state index < -0.39 is 0 Å². The molecular formula is C25H24N6O2. The predicted octanol–water partition coefficient (Wildman–Crippen LogP) is 4.17. The van der Waals surface area contributed by atoms with Gasteiger partial charge in [-0.15, -0.1) is 10.2 Å². The summed E-state index contributed by atoms with van der Waals surface area (Å²) in [4.78, 5) is 5.92. The number of methoxy groups -OCH3 is 1. The van der Waals surface area contributed by atoms with Crippen molar-refractivity contribution in [2.75, 3.05) is 17.3 Å². The van der Waals surface area contributed by atoms with Crippen LogP contribution in [-0.4, -0.2) is 40.6 Å². The summed E-state index contributed by atoms with van der Waals surface area (Å²) in [7, 11) is 1.54. The molecule has 3 heterocycles. The Kier molecular flexibility index (Phi) is 5.45. The van der Waals surface area contributed by atoms with Crippen molar-refractivity contribution in [2.45, 2.75) is 50.4 Å². The summed E-state index contributed by atoms with van der Waals surface area (Å²) in [5.74, 6) is 1.96. The number of hydrogen-bond acceptors (Lipinski definition) is 7. The molecule has 2 N–H and O–H groups in total. The number of benzene rings is 2. The molecule has 0 spiro atoms. The molecule has 2 atom stereocenters. The van der Waals surface area contributed by atoms with E-state index in [1.165, 1.54) is 0 Å². The van der Waals surface area contributed by atoms with Gasteiger partial charge in [0.25, 0.3) is 0 Å². The van der Waals surface area contributed by atoms with Gasteiger partial charge in [-0.3, -0.25) is 0 Å². The largest absolute Gasteiger partial charge is 0.495 e. The molecule has 2 aliphatic rings. The Morgan fingerprint density at radius 1 is 1.18 bits per heavy atom. The molecule has 166 valence electrons. The minimum atomic E-state index is -0.254. The number of hydrogen-bond donors (Lipinski definition) is 2. The molecule has 5 rings (SSSR count). The zero-order chi connectivity index (χ0) is 22.9. The van der Waals surface area contributed by atoms with E-state index >= 15 is 0 Å². The number of aliphatic hydroxyl groups is 1. The van der Waals surface area contributed by atoms with Crippen molar-refractivity contribution in [3.63, 3.8) is 0 Å². The monoisotopic (exact) mass is 440 g/mol. The predicted molar refractivity (Wildman–Crippen MR) is 125 cm³/mol. The van der Waals surface area contributed by atoms with Crippen LogP contribution in [0.15, 0.2) is 36.4 Å². The average Bonchev–Trinajstić information content (AvgIpc) is 3.11. The van der Waals surface area contributed by atoms with Crippen molar-refractivity contribution in [1.82, 2.24) is 10.2 Å². The van der Waals surface area contributed by atoms with Crippen LogP contribution in [0.1, 0.15) is 36.8 Å². The summed E-state index contributed by atoms with van der Waals surface area (Å²) in [6, 6.07) is 13.8. The fourth-order valence-electron chi connectivity index (χ4n) is 5.15. The fraction of sp³-hybridized carbons (Fsp3) is 0.360. The smallest absolute Gasteiger partial charge is 0.188 e. The van der Waals surface area contributed by atoms with Gasteiger partial charge in [0.1, 0.15) is 11.8 Å². The topological polar surface area (TPSA) is 98.7 Å². The normalized spacial score (nSPS) is 21.5. The van der Waals surface area contributed by atoms with Gasteiger partial charge in [0, 0.05) is 29.4 Å². The third-order valence-corrected chi connectivity index (χ3v) is 6.67. The Bertz CT molecular complexity index is 1280. The number of aromatic nitrogens is 2. The van der Waals surface area contributed by atoms with Gasteiger partial charge in [0.15, 0.2) is 17.3 Å². The van der Waals surface area contributed by atoms with E-state index in [0.29, 0.717) is 29.4 Å². The Labute approximate surface area is 192 Å². The lowest BCUT2D eigenvalue weighted by Crippen LogP contribution is -2.45. The molecule has 2 saturated heterocycles. The molecule has 2 bridgehead atoms. The number of fused-ring (bicyclic) bond motifs is 3. The van der Waals surface area contributed by atoms with Crippen molar-refractivity contribution >= 4 is 28.1 Å². The second-order valence-corrected chi connectivity index (χ2v) is 8.63. The maximum atomic E-state index is 10.2. The van der Waals surface area contributed by atoms with E-state index in [9.17, 15) is 10.4 Å². The Hall–Kier alpha value is -3.88. The van der Waals surface area contributed by atoms with Gasteiger partial charge in [-0.05, 0) is 49.4 Å². The summed E-state index contributed by atoms with van der Waals surface area (Å²) in [6.07, 6.45) is 3.33. The van der Waals surface area contributed by atoms with Gasteiger partial charge >= 0.3 is 0 Å². The standard InChI is InChI=1S/C25H24N6O2/c1-27-17-4-7-21-22(10-17)24(28-14-15-3-8-23(33-2)16(9-15)13-26)29-30-25(21)31-18-5-6-19(31)12-20(32)11-18/h3-4,7-10,18-20,32H,5-6,11-12,14H2,2H3,(H,28,29). The van der Waals surface area contributed by atoms with E-state index in [1.54, 1.807) is 19.2 Å². The highest BCUT2D eigenvalue weighted by Gasteiger charge is 2.41. The first-order valence-corrected chi connectivity index (χ1v) is 11.1. The summed E-state index contributed by atoms with van der Waals surface area (Å²) >= 11 is 0. The maximum Gasteiger partial charge on any atom is 0.188 e. The van der Waals surface area contributed by atoms with Crippen LogP contribution in [0.4, 0.5) is 17.3 Å². The van der Waals surface area contributed by atoms with Crippen LogP contribution < -0.4 is 15.0 Å². The highest BCUT2D eigenvalue weighted by atomic mass is 16.5. The minimum absolute atomic E-state index is 0.254. The van der Waals surface area contributed by atoms with Crippen LogP contribution in [0, 0.1) is 17.9 Å². The number of anilines is 2.